The van der Waals surface area contributed by atoms with E-state index in [1.54, 1.807) is 0 Å². The van der Waals surface area contributed by atoms with Gasteiger partial charge in [0.15, 0.2) is 0 Å². The molecule has 0 amide bonds. The van der Waals surface area contributed by atoms with E-state index >= 15 is 0 Å². The van der Waals surface area contributed by atoms with E-state index in [1.807, 2.05) is 31.2 Å². The Labute approximate surface area is 108 Å². The van der Waals surface area contributed by atoms with Crippen LogP contribution in [0.4, 0.5) is 0 Å². The minimum Gasteiger partial charge on any atom is -0.494 e. The molecule has 0 radical (unpaired) electrons. The molecule has 1 aromatic rings. The van der Waals surface area contributed by atoms with Crippen molar-refractivity contribution >= 4 is 0 Å². The highest BCUT2D eigenvalue weighted by Gasteiger charge is 2.43. The van der Waals surface area contributed by atoms with Crippen molar-refractivity contribution < 1.29 is 9.84 Å². The molecule has 1 saturated heterocycles. The van der Waals surface area contributed by atoms with Crippen molar-refractivity contribution in [1.29, 1.82) is 0 Å². The molecule has 98 valence electrons. The highest BCUT2D eigenvalue weighted by Crippen LogP contribution is 2.38. The molecular weight excluding hydrogens is 226 g/mol. The van der Waals surface area contributed by atoms with E-state index in [0.717, 1.165) is 36.9 Å². The normalized spacial score (nSPS) is 28.6. The first-order valence-corrected chi connectivity index (χ1v) is 6.91. The molecule has 3 rings (SSSR count). The van der Waals surface area contributed by atoms with Crippen LogP contribution < -0.4 is 4.74 Å². The molecule has 3 heteroatoms. The molecule has 0 spiro atoms. The third-order valence-corrected chi connectivity index (χ3v) is 4.02. The summed E-state index contributed by atoms with van der Waals surface area (Å²) in [7, 11) is 0. The Morgan fingerprint density at radius 1 is 1.44 bits per heavy atom. The maximum Gasteiger partial charge on any atom is 0.119 e. The number of nitrogens with zero attached hydrogens (tertiary/aromatic N) is 1. The number of aliphatic hydroxyl groups is 1. The Bertz CT molecular complexity index is 430. The van der Waals surface area contributed by atoms with Gasteiger partial charge in [-0.3, -0.25) is 4.90 Å². The Morgan fingerprint density at radius 3 is 3.00 bits per heavy atom. The van der Waals surface area contributed by atoms with Gasteiger partial charge in [0, 0.05) is 19.1 Å². The van der Waals surface area contributed by atoms with Crippen LogP contribution in [0.2, 0.25) is 0 Å². The van der Waals surface area contributed by atoms with Gasteiger partial charge < -0.3 is 9.84 Å². The first kappa shape index (κ1) is 12.0. The summed E-state index contributed by atoms with van der Waals surface area (Å²) in [6, 6.07) is 8.65. The fourth-order valence-electron chi connectivity index (χ4n) is 2.85. The number of hydrogen-bond donors (Lipinski definition) is 1. The van der Waals surface area contributed by atoms with Gasteiger partial charge in [-0.1, -0.05) is 12.1 Å². The molecule has 2 aliphatic rings. The fraction of sp³-hybridized carbons (Fsp3) is 0.600. The molecule has 1 aliphatic carbocycles. The molecule has 0 aromatic heterocycles. The zero-order valence-electron chi connectivity index (χ0n) is 10.9. The smallest absolute Gasteiger partial charge is 0.119 e. The zero-order valence-corrected chi connectivity index (χ0v) is 10.9. The van der Waals surface area contributed by atoms with Gasteiger partial charge in [0.1, 0.15) is 11.4 Å². The summed E-state index contributed by atoms with van der Waals surface area (Å²) >= 11 is 0. The van der Waals surface area contributed by atoms with Gasteiger partial charge in [-0.25, -0.2) is 0 Å². The molecule has 1 aromatic carbocycles. The fourth-order valence-corrected chi connectivity index (χ4v) is 2.85. The van der Waals surface area contributed by atoms with Crippen LogP contribution in [0.5, 0.6) is 5.75 Å². The Hall–Kier alpha value is -1.06. The van der Waals surface area contributed by atoms with Crippen LogP contribution >= 0.6 is 0 Å². The predicted octanol–water partition coefficient (Wildman–Crippen LogP) is 2.14. The molecule has 1 unspecified atom stereocenters. The van der Waals surface area contributed by atoms with Gasteiger partial charge >= 0.3 is 0 Å². The number of hydrogen-bond acceptors (Lipinski definition) is 3. The van der Waals surface area contributed by atoms with Gasteiger partial charge in [0.25, 0.3) is 0 Å². The lowest BCUT2D eigenvalue weighted by Crippen LogP contribution is -2.31. The maximum atomic E-state index is 10.8. The van der Waals surface area contributed by atoms with Crippen molar-refractivity contribution in [3.63, 3.8) is 0 Å². The van der Waals surface area contributed by atoms with Crippen molar-refractivity contribution in [3.8, 4) is 5.75 Å². The van der Waals surface area contributed by atoms with Gasteiger partial charge in [0.05, 0.1) is 6.61 Å². The maximum absolute atomic E-state index is 10.8. The molecule has 2 fully saturated rings. The van der Waals surface area contributed by atoms with Crippen LogP contribution in [-0.2, 0) is 5.60 Å². The Kier molecular flexibility index (Phi) is 3.04. The van der Waals surface area contributed by atoms with E-state index in [0.29, 0.717) is 6.61 Å². The quantitative estimate of drug-likeness (QED) is 0.885. The standard InChI is InChI=1S/C15H21NO2/c1-2-18-14-5-3-4-12(10-14)15(17)8-9-16(11-15)13-6-7-13/h3-5,10,13,17H,2,6-9,11H2,1H3. The molecule has 1 saturated carbocycles. The summed E-state index contributed by atoms with van der Waals surface area (Å²) in [5.41, 5.74) is 0.312. The van der Waals surface area contributed by atoms with Crippen LogP contribution in [0, 0.1) is 0 Å². The van der Waals surface area contributed by atoms with E-state index in [1.165, 1.54) is 12.8 Å². The first-order chi connectivity index (χ1) is 8.71. The van der Waals surface area contributed by atoms with E-state index in [2.05, 4.69) is 4.90 Å². The van der Waals surface area contributed by atoms with Crippen LogP contribution in [0.15, 0.2) is 24.3 Å². The van der Waals surface area contributed by atoms with Crippen molar-refractivity contribution in [2.24, 2.45) is 0 Å². The summed E-state index contributed by atoms with van der Waals surface area (Å²) in [6.07, 6.45) is 3.43. The summed E-state index contributed by atoms with van der Waals surface area (Å²) in [4.78, 5) is 2.42. The van der Waals surface area contributed by atoms with Gasteiger partial charge in [-0.05, 0) is 43.9 Å². The molecule has 1 atom stereocenters. The number of rotatable bonds is 4. The number of likely N-dealkylation sites (tertiary alicyclic amines) is 1. The van der Waals surface area contributed by atoms with Crippen molar-refractivity contribution in [3.05, 3.63) is 29.8 Å². The summed E-state index contributed by atoms with van der Waals surface area (Å²) in [6.45, 7) is 4.43. The topological polar surface area (TPSA) is 32.7 Å². The second kappa shape index (κ2) is 4.56. The lowest BCUT2D eigenvalue weighted by molar-refractivity contribution is 0.0449. The van der Waals surface area contributed by atoms with Crippen molar-refractivity contribution in [1.82, 2.24) is 4.90 Å². The molecule has 18 heavy (non-hydrogen) atoms. The zero-order chi connectivity index (χ0) is 12.6. The third kappa shape index (κ3) is 2.25. The van der Waals surface area contributed by atoms with Crippen LogP contribution in [0.1, 0.15) is 31.7 Å². The minimum atomic E-state index is -0.685. The van der Waals surface area contributed by atoms with Crippen LogP contribution in [0.3, 0.4) is 0 Å². The number of β-amino-alcohol motifs (C(OH)–C–C–N with tert-alkyl or cyclic N) is 1. The lowest BCUT2D eigenvalue weighted by atomic mass is 9.93. The van der Waals surface area contributed by atoms with E-state index in [-0.39, 0.29) is 0 Å². The lowest BCUT2D eigenvalue weighted by Gasteiger charge is -2.24. The largest absolute Gasteiger partial charge is 0.494 e. The average molecular weight is 247 g/mol. The Balaban J connectivity index is 1.78. The third-order valence-electron chi connectivity index (χ3n) is 4.02. The van der Waals surface area contributed by atoms with Gasteiger partial charge in [-0.15, -0.1) is 0 Å². The predicted molar refractivity (Wildman–Crippen MR) is 70.7 cm³/mol. The molecule has 3 nitrogen and oxygen atoms in total. The molecule has 1 N–H and O–H groups in total. The summed E-state index contributed by atoms with van der Waals surface area (Å²) in [5.74, 6) is 0.855. The van der Waals surface area contributed by atoms with Crippen LogP contribution in [0.25, 0.3) is 0 Å². The molecule has 0 bridgehead atoms. The second-order valence-corrected chi connectivity index (χ2v) is 5.44. The van der Waals surface area contributed by atoms with Crippen molar-refractivity contribution in [2.75, 3.05) is 19.7 Å². The van der Waals surface area contributed by atoms with Gasteiger partial charge in [-0.2, -0.15) is 0 Å². The van der Waals surface area contributed by atoms with Gasteiger partial charge in [0.2, 0.25) is 0 Å². The minimum absolute atomic E-state index is 0.663. The summed E-state index contributed by atoms with van der Waals surface area (Å²) in [5, 5.41) is 10.8. The Morgan fingerprint density at radius 2 is 2.28 bits per heavy atom. The molecular formula is C15H21NO2. The number of ether oxygens (including phenoxy) is 1. The number of benzene rings is 1. The van der Waals surface area contributed by atoms with E-state index < -0.39 is 5.60 Å². The van der Waals surface area contributed by atoms with Crippen LogP contribution in [-0.4, -0.2) is 35.7 Å². The van der Waals surface area contributed by atoms with Crippen molar-refractivity contribution in [2.45, 2.75) is 37.8 Å². The SMILES string of the molecule is CCOc1cccc(C2(O)CCN(C3CC3)C2)c1. The van der Waals surface area contributed by atoms with E-state index in [4.69, 9.17) is 4.74 Å². The first-order valence-electron chi connectivity index (χ1n) is 6.91. The highest BCUT2D eigenvalue weighted by molar-refractivity contribution is 5.33. The monoisotopic (exact) mass is 247 g/mol. The molecule has 1 heterocycles. The molecule has 1 aliphatic heterocycles. The summed E-state index contributed by atoms with van der Waals surface area (Å²) < 4.78 is 5.51. The highest BCUT2D eigenvalue weighted by atomic mass is 16.5. The average Bonchev–Trinajstić information content (AvgIpc) is 3.14. The van der Waals surface area contributed by atoms with E-state index in [9.17, 15) is 5.11 Å². The second-order valence-electron chi connectivity index (χ2n) is 5.44.